The molecule has 0 saturated heterocycles. The molecule has 0 aliphatic rings. The number of carbonyl (C=O) groups excluding carboxylic acids is 1. The Hall–Kier alpha value is -1.62. The molecule has 0 saturated carbocycles. The molecule has 0 heterocycles. The monoisotopic (exact) mass is 349 g/mol. The van der Waals surface area contributed by atoms with Crippen LogP contribution in [-0.2, 0) is 0 Å². The van der Waals surface area contributed by atoms with E-state index in [4.69, 9.17) is 5.73 Å². The van der Waals surface area contributed by atoms with Gasteiger partial charge in [-0.15, -0.1) is 0 Å². The van der Waals surface area contributed by atoms with E-state index in [9.17, 15) is 4.79 Å². The summed E-state index contributed by atoms with van der Waals surface area (Å²) in [7, 11) is 0. The highest BCUT2D eigenvalue weighted by atomic mass is 127. The zero-order valence-corrected chi connectivity index (χ0v) is 11.8. The molecule has 0 bridgehead atoms. The van der Waals surface area contributed by atoms with Crippen molar-refractivity contribution in [2.45, 2.75) is 0 Å². The van der Waals surface area contributed by atoms with E-state index in [2.05, 4.69) is 22.6 Å². The second-order valence-electron chi connectivity index (χ2n) is 3.84. The number of nitrogens with two attached hydrogens (primary N) is 1. The molecule has 18 heavy (non-hydrogen) atoms. The maximum atomic E-state index is 11.9. The second kappa shape index (κ2) is 5.82. The summed E-state index contributed by atoms with van der Waals surface area (Å²) in [6.07, 6.45) is 3.40. The summed E-state index contributed by atoms with van der Waals surface area (Å²) in [5.41, 5.74) is 7.90. The fourth-order valence-corrected chi connectivity index (χ4v) is 2.13. The predicted octanol–water partition coefficient (Wildman–Crippen LogP) is 3.77. The van der Waals surface area contributed by atoms with Crippen molar-refractivity contribution in [3.05, 3.63) is 69.3 Å². The maximum absolute atomic E-state index is 11.9. The van der Waals surface area contributed by atoms with Crippen molar-refractivity contribution in [2.24, 2.45) is 0 Å². The highest BCUT2D eigenvalue weighted by Crippen LogP contribution is 2.14. The van der Waals surface area contributed by atoms with E-state index in [0.717, 1.165) is 9.13 Å². The van der Waals surface area contributed by atoms with Gasteiger partial charge < -0.3 is 5.73 Å². The number of hydrogen-bond donors (Lipinski definition) is 1. The molecule has 0 radical (unpaired) electrons. The van der Waals surface area contributed by atoms with E-state index in [1.54, 1.807) is 30.3 Å². The fraction of sp³-hybridized carbons (Fsp3) is 0. The van der Waals surface area contributed by atoms with Gasteiger partial charge >= 0.3 is 0 Å². The van der Waals surface area contributed by atoms with Crippen molar-refractivity contribution >= 4 is 40.1 Å². The van der Waals surface area contributed by atoms with Crippen molar-refractivity contribution in [3.63, 3.8) is 0 Å². The van der Waals surface area contributed by atoms with Crippen LogP contribution in [0.1, 0.15) is 15.9 Å². The molecular weight excluding hydrogens is 337 g/mol. The van der Waals surface area contributed by atoms with E-state index in [-0.39, 0.29) is 5.78 Å². The van der Waals surface area contributed by atoms with Gasteiger partial charge in [0.25, 0.3) is 0 Å². The van der Waals surface area contributed by atoms with Crippen molar-refractivity contribution in [1.29, 1.82) is 0 Å². The van der Waals surface area contributed by atoms with Crippen LogP contribution in [0.4, 0.5) is 5.69 Å². The number of benzene rings is 2. The Balaban J connectivity index is 2.20. The van der Waals surface area contributed by atoms with Crippen LogP contribution in [0.15, 0.2) is 54.6 Å². The molecule has 0 unspecified atom stereocenters. The lowest BCUT2D eigenvalue weighted by molar-refractivity contribution is 0.104. The minimum absolute atomic E-state index is 0.0399. The number of rotatable bonds is 3. The van der Waals surface area contributed by atoms with Crippen LogP contribution in [0, 0.1) is 3.57 Å². The van der Waals surface area contributed by atoms with Gasteiger partial charge in [-0.3, -0.25) is 4.79 Å². The Morgan fingerprint density at radius 1 is 1.11 bits per heavy atom. The molecule has 2 rings (SSSR count). The molecule has 0 spiro atoms. The molecular formula is C15H12INO. The third kappa shape index (κ3) is 3.20. The van der Waals surface area contributed by atoms with Gasteiger partial charge in [-0.2, -0.15) is 0 Å². The first kappa shape index (κ1) is 12.8. The Morgan fingerprint density at radius 3 is 2.61 bits per heavy atom. The van der Waals surface area contributed by atoms with Gasteiger partial charge in [0.1, 0.15) is 0 Å². The van der Waals surface area contributed by atoms with Gasteiger partial charge in [0.15, 0.2) is 5.78 Å². The number of carbonyl (C=O) groups is 1. The van der Waals surface area contributed by atoms with Crippen LogP contribution in [0.2, 0.25) is 0 Å². The average Bonchev–Trinajstić information content (AvgIpc) is 2.37. The van der Waals surface area contributed by atoms with Crippen molar-refractivity contribution in [1.82, 2.24) is 0 Å². The lowest BCUT2D eigenvalue weighted by Gasteiger charge is -1.99. The summed E-state index contributed by atoms with van der Waals surface area (Å²) in [5.74, 6) is -0.0399. The Bertz CT molecular complexity index is 605. The first-order valence-corrected chi connectivity index (χ1v) is 6.57. The van der Waals surface area contributed by atoms with Crippen molar-refractivity contribution < 1.29 is 4.79 Å². The van der Waals surface area contributed by atoms with Crippen LogP contribution >= 0.6 is 22.6 Å². The highest BCUT2D eigenvalue weighted by Gasteiger charge is 2.02. The van der Waals surface area contributed by atoms with Crippen molar-refractivity contribution in [3.8, 4) is 0 Å². The van der Waals surface area contributed by atoms with Gasteiger partial charge in [0.2, 0.25) is 0 Å². The molecule has 0 aliphatic carbocycles. The number of hydrogen-bond acceptors (Lipinski definition) is 2. The van der Waals surface area contributed by atoms with E-state index in [1.165, 1.54) is 0 Å². The topological polar surface area (TPSA) is 43.1 Å². The molecule has 0 amide bonds. The van der Waals surface area contributed by atoms with Gasteiger partial charge in [0, 0.05) is 14.8 Å². The molecule has 0 aromatic heterocycles. The highest BCUT2D eigenvalue weighted by molar-refractivity contribution is 14.1. The minimum atomic E-state index is -0.0399. The van der Waals surface area contributed by atoms with Crippen LogP contribution in [0.3, 0.4) is 0 Å². The summed E-state index contributed by atoms with van der Waals surface area (Å²) in [6, 6.07) is 14.9. The lowest BCUT2D eigenvalue weighted by Crippen LogP contribution is -1.95. The predicted molar refractivity (Wildman–Crippen MR) is 83.4 cm³/mol. The summed E-state index contributed by atoms with van der Waals surface area (Å²) in [6.45, 7) is 0. The molecule has 2 aromatic carbocycles. The quantitative estimate of drug-likeness (QED) is 0.397. The van der Waals surface area contributed by atoms with Crippen molar-refractivity contribution in [2.75, 3.05) is 5.73 Å². The summed E-state index contributed by atoms with van der Waals surface area (Å²) in [5, 5.41) is 0. The largest absolute Gasteiger partial charge is 0.399 e. The number of allylic oxidation sites excluding steroid dienone is 1. The SMILES string of the molecule is Nc1cccc(C(=O)/C=C/c2ccccc2I)c1. The van der Waals surface area contributed by atoms with Crippen LogP contribution in [-0.4, -0.2) is 5.78 Å². The number of anilines is 1. The fourth-order valence-electron chi connectivity index (χ4n) is 1.56. The third-order valence-corrected chi connectivity index (χ3v) is 3.47. The molecule has 2 aromatic rings. The molecule has 90 valence electrons. The first-order chi connectivity index (χ1) is 8.66. The minimum Gasteiger partial charge on any atom is -0.399 e. The molecule has 0 fully saturated rings. The Morgan fingerprint density at radius 2 is 1.89 bits per heavy atom. The van der Waals surface area contributed by atoms with Gasteiger partial charge in [0.05, 0.1) is 0 Å². The van der Waals surface area contributed by atoms with Gasteiger partial charge in [-0.25, -0.2) is 0 Å². The number of halogens is 1. The average molecular weight is 349 g/mol. The lowest BCUT2D eigenvalue weighted by atomic mass is 10.1. The zero-order valence-electron chi connectivity index (χ0n) is 9.64. The van der Waals surface area contributed by atoms with Crippen LogP contribution < -0.4 is 5.73 Å². The summed E-state index contributed by atoms with van der Waals surface area (Å²) in [4.78, 5) is 11.9. The normalized spacial score (nSPS) is 10.7. The molecule has 3 heteroatoms. The third-order valence-electron chi connectivity index (χ3n) is 2.49. The molecule has 0 atom stereocenters. The van der Waals surface area contributed by atoms with Gasteiger partial charge in [-0.1, -0.05) is 36.4 Å². The smallest absolute Gasteiger partial charge is 0.185 e. The zero-order chi connectivity index (χ0) is 13.0. The molecule has 0 aliphatic heterocycles. The van der Waals surface area contributed by atoms with E-state index < -0.39 is 0 Å². The van der Waals surface area contributed by atoms with Gasteiger partial charge in [-0.05, 0) is 52.4 Å². The van der Waals surface area contributed by atoms with Crippen LogP contribution in [0.25, 0.3) is 6.08 Å². The van der Waals surface area contributed by atoms with E-state index in [1.807, 2.05) is 30.3 Å². The Kier molecular flexibility index (Phi) is 4.15. The Labute approximate surface area is 120 Å². The second-order valence-corrected chi connectivity index (χ2v) is 5.01. The molecule has 2 N–H and O–H groups in total. The summed E-state index contributed by atoms with van der Waals surface area (Å²) < 4.78 is 1.12. The maximum Gasteiger partial charge on any atom is 0.185 e. The summed E-state index contributed by atoms with van der Waals surface area (Å²) >= 11 is 2.24. The standard InChI is InChI=1S/C15H12INO/c16-14-7-2-1-4-11(14)8-9-15(18)12-5-3-6-13(17)10-12/h1-10H,17H2/b9-8+. The number of nitrogen functional groups attached to an aromatic ring is 1. The van der Waals surface area contributed by atoms with E-state index in [0.29, 0.717) is 11.3 Å². The molecule has 2 nitrogen and oxygen atoms in total. The van der Waals surface area contributed by atoms with Crippen LogP contribution in [0.5, 0.6) is 0 Å². The van der Waals surface area contributed by atoms with E-state index >= 15 is 0 Å². The first-order valence-electron chi connectivity index (χ1n) is 5.49. The number of ketones is 1.